The van der Waals surface area contributed by atoms with Gasteiger partial charge in [0.1, 0.15) is 0 Å². The first-order chi connectivity index (χ1) is 10.2. The standard InChI is InChI=1S/C17H22Cl2S2/c1-2-3-4-5-9-17(20-11-12-21-17)10-8-14-6-7-15(18)16(19)13-14/h6-8,10,13H,2-5,9,11-12H2,1H3/b10-8+. The summed E-state index contributed by atoms with van der Waals surface area (Å²) in [6.07, 6.45) is 11.2. The van der Waals surface area contributed by atoms with Gasteiger partial charge in [0.2, 0.25) is 0 Å². The summed E-state index contributed by atoms with van der Waals surface area (Å²) in [4.78, 5) is 0. The van der Waals surface area contributed by atoms with Crippen LogP contribution in [-0.4, -0.2) is 15.6 Å². The van der Waals surface area contributed by atoms with Crippen molar-refractivity contribution in [1.82, 2.24) is 0 Å². The maximum atomic E-state index is 6.09. The number of halogens is 2. The van der Waals surface area contributed by atoms with Crippen LogP contribution in [0.15, 0.2) is 24.3 Å². The van der Waals surface area contributed by atoms with Crippen LogP contribution in [0.4, 0.5) is 0 Å². The quantitative estimate of drug-likeness (QED) is 0.473. The van der Waals surface area contributed by atoms with Gasteiger partial charge in [-0.15, -0.1) is 23.5 Å². The topological polar surface area (TPSA) is 0 Å². The third-order valence-electron chi connectivity index (χ3n) is 3.63. The zero-order valence-electron chi connectivity index (χ0n) is 12.4. The molecule has 0 radical (unpaired) electrons. The molecule has 0 saturated carbocycles. The molecule has 0 atom stereocenters. The largest absolute Gasteiger partial charge is 0.139 e. The third-order valence-corrected chi connectivity index (χ3v) is 7.81. The number of unbranched alkanes of at least 4 members (excludes halogenated alkanes) is 3. The molecule has 0 bridgehead atoms. The maximum absolute atomic E-state index is 6.09. The molecule has 1 heterocycles. The fourth-order valence-electron chi connectivity index (χ4n) is 2.43. The molecule has 1 aromatic carbocycles. The van der Waals surface area contributed by atoms with Crippen LogP contribution in [0.1, 0.15) is 44.6 Å². The highest BCUT2D eigenvalue weighted by atomic mass is 35.5. The fraction of sp³-hybridized carbons (Fsp3) is 0.529. The minimum absolute atomic E-state index is 0.264. The second kappa shape index (κ2) is 8.76. The summed E-state index contributed by atoms with van der Waals surface area (Å²) < 4.78 is 0.264. The van der Waals surface area contributed by atoms with Crippen molar-refractivity contribution < 1.29 is 0 Å². The van der Waals surface area contributed by atoms with E-state index in [2.05, 4.69) is 42.6 Å². The zero-order chi connectivity index (χ0) is 15.1. The Balaban J connectivity index is 2.01. The summed E-state index contributed by atoms with van der Waals surface area (Å²) in [7, 11) is 0. The number of rotatable bonds is 7. The first-order valence-corrected chi connectivity index (χ1v) is 10.3. The molecule has 1 aromatic rings. The van der Waals surface area contributed by atoms with Crippen molar-refractivity contribution in [2.45, 2.75) is 43.1 Å². The van der Waals surface area contributed by atoms with Crippen LogP contribution in [0.3, 0.4) is 0 Å². The van der Waals surface area contributed by atoms with E-state index in [1.807, 2.05) is 18.2 Å². The van der Waals surface area contributed by atoms with Crippen molar-refractivity contribution in [3.8, 4) is 0 Å². The average Bonchev–Trinajstić information content (AvgIpc) is 2.94. The van der Waals surface area contributed by atoms with Gasteiger partial charge in [-0.2, -0.15) is 0 Å². The van der Waals surface area contributed by atoms with Crippen molar-refractivity contribution in [1.29, 1.82) is 0 Å². The summed E-state index contributed by atoms with van der Waals surface area (Å²) in [6, 6.07) is 5.83. The molecule has 0 nitrogen and oxygen atoms in total. The van der Waals surface area contributed by atoms with Crippen LogP contribution in [0.5, 0.6) is 0 Å². The lowest BCUT2D eigenvalue weighted by atomic mass is 10.1. The number of thioether (sulfide) groups is 2. The van der Waals surface area contributed by atoms with Crippen molar-refractivity contribution in [3.63, 3.8) is 0 Å². The molecule has 0 N–H and O–H groups in total. The van der Waals surface area contributed by atoms with Crippen LogP contribution in [0, 0.1) is 0 Å². The zero-order valence-corrected chi connectivity index (χ0v) is 15.6. The number of hydrogen-bond acceptors (Lipinski definition) is 2. The van der Waals surface area contributed by atoms with Gasteiger partial charge in [-0.05, 0) is 24.1 Å². The fourth-order valence-corrected chi connectivity index (χ4v) is 5.84. The van der Waals surface area contributed by atoms with E-state index in [0.717, 1.165) is 5.56 Å². The molecule has 0 spiro atoms. The van der Waals surface area contributed by atoms with E-state index in [0.29, 0.717) is 10.0 Å². The molecule has 0 unspecified atom stereocenters. The third kappa shape index (κ3) is 5.42. The van der Waals surface area contributed by atoms with Gasteiger partial charge in [0, 0.05) is 11.5 Å². The molecular formula is C17H22Cl2S2. The normalized spacial score (nSPS) is 17.7. The molecule has 21 heavy (non-hydrogen) atoms. The van der Waals surface area contributed by atoms with Crippen LogP contribution in [-0.2, 0) is 0 Å². The van der Waals surface area contributed by atoms with E-state index >= 15 is 0 Å². The smallest absolute Gasteiger partial charge is 0.0795 e. The van der Waals surface area contributed by atoms with Crippen LogP contribution in [0.2, 0.25) is 10.0 Å². The Hall–Kier alpha value is 0.240. The Morgan fingerprint density at radius 2 is 1.86 bits per heavy atom. The highest BCUT2D eigenvalue weighted by Gasteiger charge is 2.32. The highest BCUT2D eigenvalue weighted by molar-refractivity contribution is 8.21. The van der Waals surface area contributed by atoms with Crippen LogP contribution in [0.25, 0.3) is 6.08 Å². The van der Waals surface area contributed by atoms with E-state index < -0.39 is 0 Å². The average molecular weight is 361 g/mol. The lowest BCUT2D eigenvalue weighted by molar-refractivity contribution is 0.632. The molecule has 0 amide bonds. The van der Waals surface area contributed by atoms with Crippen molar-refractivity contribution in [2.24, 2.45) is 0 Å². The molecule has 0 aromatic heterocycles. The summed E-state index contributed by atoms with van der Waals surface area (Å²) in [5, 5.41) is 1.25. The number of benzene rings is 1. The molecule has 1 saturated heterocycles. The Morgan fingerprint density at radius 1 is 1.10 bits per heavy atom. The Kier molecular flexibility index (Phi) is 7.34. The molecule has 1 aliphatic rings. The Bertz CT molecular complexity index is 480. The van der Waals surface area contributed by atoms with Gasteiger partial charge >= 0.3 is 0 Å². The summed E-state index contributed by atoms with van der Waals surface area (Å²) in [6.45, 7) is 2.26. The minimum Gasteiger partial charge on any atom is -0.139 e. The van der Waals surface area contributed by atoms with Gasteiger partial charge in [0.15, 0.2) is 0 Å². The summed E-state index contributed by atoms with van der Waals surface area (Å²) >= 11 is 16.2. The van der Waals surface area contributed by atoms with E-state index in [1.165, 1.54) is 43.6 Å². The van der Waals surface area contributed by atoms with Gasteiger partial charge < -0.3 is 0 Å². The van der Waals surface area contributed by atoms with E-state index in [9.17, 15) is 0 Å². The van der Waals surface area contributed by atoms with Gasteiger partial charge in [0.05, 0.1) is 14.1 Å². The Labute approximate surface area is 147 Å². The second-order valence-electron chi connectivity index (χ2n) is 5.33. The summed E-state index contributed by atoms with van der Waals surface area (Å²) in [5.41, 5.74) is 1.13. The first kappa shape index (κ1) is 17.6. The van der Waals surface area contributed by atoms with Gasteiger partial charge in [-0.3, -0.25) is 0 Å². The molecule has 2 rings (SSSR count). The maximum Gasteiger partial charge on any atom is 0.0795 e. The number of hydrogen-bond donors (Lipinski definition) is 0. The summed E-state index contributed by atoms with van der Waals surface area (Å²) in [5.74, 6) is 2.51. The molecule has 1 aliphatic heterocycles. The van der Waals surface area contributed by atoms with E-state index in [4.69, 9.17) is 23.2 Å². The molecule has 116 valence electrons. The second-order valence-corrected chi connectivity index (χ2v) is 9.25. The van der Waals surface area contributed by atoms with Crippen LogP contribution < -0.4 is 0 Å². The molecular weight excluding hydrogens is 339 g/mol. The SMILES string of the molecule is CCCCCCC1(/C=C/c2ccc(Cl)c(Cl)c2)SCCS1. The van der Waals surface area contributed by atoms with E-state index in [-0.39, 0.29) is 4.08 Å². The van der Waals surface area contributed by atoms with Gasteiger partial charge in [-0.1, -0.05) is 74.0 Å². The van der Waals surface area contributed by atoms with Crippen molar-refractivity contribution in [3.05, 3.63) is 39.9 Å². The Morgan fingerprint density at radius 3 is 2.52 bits per heavy atom. The predicted octanol–water partition coefficient (Wildman–Crippen LogP) is 7.15. The lowest BCUT2D eigenvalue weighted by Gasteiger charge is -2.23. The van der Waals surface area contributed by atoms with E-state index in [1.54, 1.807) is 0 Å². The molecule has 1 fully saturated rings. The van der Waals surface area contributed by atoms with Gasteiger partial charge in [-0.25, -0.2) is 0 Å². The van der Waals surface area contributed by atoms with Crippen LogP contribution >= 0.6 is 46.7 Å². The van der Waals surface area contributed by atoms with Crippen molar-refractivity contribution >= 4 is 52.8 Å². The predicted molar refractivity (Wildman–Crippen MR) is 102 cm³/mol. The molecule has 0 aliphatic carbocycles. The van der Waals surface area contributed by atoms with Gasteiger partial charge in [0.25, 0.3) is 0 Å². The lowest BCUT2D eigenvalue weighted by Crippen LogP contribution is -2.12. The monoisotopic (exact) mass is 360 g/mol. The first-order valence-electron chi connectivity index (χ1n) is 7.57. The van der Waals surface area contributed by atoms with Crippen molar-refractivity contribution in [2.75, 3.05) is 11.5 Å². The highest BCUT2D eigenvalue weighted by Crippen LogP contribution is 2.49. The molecule has 4 heteroatoms. The minimum atomic E-state index is 0.264.